The standard InChI is InChI=1S/C35H39N3O5/c1-25(2)21-31(34(40)37(3)42-4)36-33(39)22-32(35(41)43-24-26-11-7-5-8-12-26)38-20-19-30(23-38)29-17-15-28(16-18-29)27-13-9-6-10-14-27/h5-20,23,25,31-32H,21-22,24H2,1-4H3,(H,36,39)/t31-,32+/m0/s1. The lowest BCUT2D eigenvalue weighted by Gasteiger charge is -2.25. The maximum Gasteiger partial charge on any atom is 0.329 e. The average molecular weight is 582 g/mol. The Morgan fingerprint density at radius 3 is 2.00 bits per heavy atom. The van der Waals surface area contributed by atoms with Crippen molar-refractivity contribution in [1.82, 2.24) is 14.9 Å². The third-order valence-corrected chi connectivity index (χ3v) is 7.20. The van der Waals surface area contributed by atoms with Crippen LogP contribution in [0.5, 0.6) is 0 Å². The molecular weight excluding hydrogens is 542 g/mol. The van der Waals surface area contributed by atoms with Crippen LogP contribution in [-0.2, 0) is 30.6 Å². The van der Waals surface area contributed by atoms with Crippen molar-refractivity contribution in [2.24, 2.45) is 5.92 Å². The maximum absolute atomic E-state index is 13.4. The summed E-state index contributed by atoms with van der Waals surface area (Å²) in [7, 11) is 2.89. The van der Waals surface area contributed by atoms with Gasteiger partial charge in [-0.3, -0.25) is 14.4 Å². The summed E-state index contributed by atoms with van der Waals surface area (Å²) in [5.74, 6) is -1.20. The van der Waals surface area contributed by atoms with Gasteiger partial charge in [-0.25, -0.2) is 9.86 Å². The number of likely N-dealkylation sites (N-methyl/N-ethyl adjacent to an activating group) is 1. The van der Waals surface area contributed by atoms with E-state index in [-0.39, 0.29) is 24.9 Å². The first kappa shape index (κ1) is 31.3. The van der Waals surface area contributed by atoms with Crippen molar-refractivity contribution in [3.05, 3.63) is 109 Å². The lowest BCUT2D eigenvalue weighted by Crippen LogP contribution is -2.48. The van der Waals surface area contributed by atoms with E-state index in [0.717, 1.165) is 32.9 Å². The smallest absolute Gasteiger partial charge is 0.329 e. The van der Waals surface area contributed by atoms with Crippen LogP contribution < -0.4 is 5.32 Å². The monoisotopic (exact) mass is 581 g/mol. The molecule has 0 radical (unpaired) electrons. The molecule has 3 aromatic carbocycles. The molecule has 224 valence electrons. The summed E-state index contributed by atoms with van der Waals surface area (Å²) in [5.41, 5.74) is 4.95. The Morgan fingerprint density at radius 1 is 0.814 bits per heavy atom. The summed E-state index contributed by atoms with van der Waals surface area (Å²) >= 11 is 0. The minimum absolute atomic E-state index is 0.0833. The van der Waals surface area contributed by atoms with E-state index in [2.05, 4.69) is 29.6 Å². The minimum atomic E-state index is -0.934. The van der Waals surface area contributed by atoms with Gasteiger partial charge < -0.3 is 14.6 Å². The number of carbonyl (C=O) groups excluding carboxylic acids is 3. The van der Waals surface area contributed by atoms with Crippen LogP contribution >= 0.6 is 0 Å². The lowest BCUT2D eigenvalue weighted by atomic mass is 10.0. The predicted molar refractivity (Wildman–Crippen MR) is 166 cm³/mol. The number of nitrogens with one attached hydrogen (secondary N) is 1. The molecular formula is C35H39N3O5. The number of esters is 1. The van der Waals surface area contributed by atoms with Crippen molar-refractivity contribution >= 4 is 17.8 Å². The van der Waals surface area contributed by atoms with Gasteiger partial charge in [0.05, 0.1) is 13.5 Å². The number of amides is 2. The van der Waals surface area contributed by atoms with E-state index in [1.165, 1.54) is 14.2 Å². The Hall–Kier alpha value is -4.69. The molecule has 1 heterocycles. The molecule has 4 rings (SSSR count). The molecule has 0 saturated heterocycles. The van der Waals surface area contributed by atoms with Gasteiger partial charge in [-0.1, -0.05) is 98.8 Å². The molecule has 0 aliphatic rings. The Balaban J connectivity index is 1.54. The van der Waals surface area contributed by atoms with Gasteiger partial charge in [0, 0.05) is 19.4 Å². The maximum atomic E-state index is 13.4. The SMILES string of the molecule is CON(C)C(=O)[C@H](CC(C)C)NC(=O)C[C@H](C(=O)OCc1ccccc1)n1ccc(-c2ccc(-c3ccccc3)cc2)c1. The molecule has 4 aromatic rings. The van der Waals surface area contributed by atoms with Crippen molar-refractivity contribution in [1.29, 1.82) is 0 Å². The summed E-state index contributed by atoms with van der Waals surface area (Å²) in [6.45, 7) is 4.02. The largest absolute Gasteiger partial charge is 0.459 e. The summed E-state index contributed by atoms with van der Waals surface area (Å²) in [4.78, 5) is 44.7. The zero-order chi connectivity index (χ0) is 30.8. The number of hydrogen-bond acceptors (Lipinski definition) is 5. The van der Waals surface area contributed by atoms with Crippen LogP contribution in [0.15, 0.2) is 103 Å². The van der Waals surface area contributed by atoms with E-state index < -0.39 is 24.0 Å². The molecule has 0 saturated carbocycles. The third kappa shape index (κ3) is 8.66. The highest BCUT2D eigenvalue weighted by molar-refractivity contribution is 5.89. The van der Waals surface area contributed by atoms with Gasteiger partial charge in [0.15, 0.2) is 0 Å². The fourth-order valence-corrected chi connectivity index (χ4v) is 4.83. The highest BCUT2D eigenvalue weighted by Crippen LogP contribution is 2.27. The second kappa shape index (κ2) is 15.0. The van der Waals surface area contributed by atoms with Crippen LogP contribution in [0.25, 0.3) is 22.3 Å². The molecule has 2 atom stereocenters. The summed E-state index contributed by atoms with van der Waals surface area (Å²) in [5, 5.41) is 3.92. The molecule has 0 unspecified atom stereocenters. The lowest BCUT2D eigenvalue weighted by molar-refractivity contribution is -0.172. The molecule has 2 amide bonds. The van der Waals surface area contributed by atoms with Gasteiger partial charge in [0.25, 0.3) is 5.91 Å². The fraction of sp³-hybridized carbons (Fsp3) is 0.286. The number of carbonyl (C=O) groups is 3. The van der Waals surface area contributed by atoms with Crippen LogP contribution in [0, 0.1) is 5.92 Å². The van der Waals surface area contributed by atoms with Crippen LogP contribution in [-0.4, -0.2) is 47.6 Å². The summed E-state index contributed by atoms with van der Waals surface area (Å²) < 4.78 is 7.37. The first-order valence-electron chi connectivity index (χ1n) is 14.4. The third-order valence-electron chi connectivity index (χ3n) is 7.20. The van der Waals surface area contributed by atoms with Crippen molar-refractivity contribution in [2.45, 2.75) is 45.4 Å². The highest BCUT2D eigenvalue weighted by atomic mass is 16.7. The van der Waals surface area contributed by atoms with Gasteiger partial charge >= 0.3 is 5.97 Å². The van der Waals surface area contributed by atoms with E-state index >= 15 is 0 Å². The highest BCUT2D eigenvalue weighted by Gasteiger charge is 2.30. The van der Waals surface area contributed by atoms with Gasteiger partial charge in [-0.05, 0) is 46.2 Å². The zero-order valence-corrected chi connectivity index (χ0v) is 25.1. The predicted octanol–water partition coefficient (Wildman–Crippen LogP) is 6.05. The zero-order valence-electron chi connectivity index (χ0n) is 25.1. The average Bonchev–Trinajstić information content (AvgIpc) is 3.52. The van der Waals surface area contributed by atoms with Crippen molar-refractivity contribution in [3.8, 4) is 22.3 Å². The fourth-order valence-electron chi connectivity index (χ4n) is 4.83. The number of hydroxylamine groups is 2. The molecule has 0 spiro atoms. The first-order valence-corrected chi connectivity index (χ1v) is 14.4. The molecule has 8 heteroatoms. The number of nitrogens with zero attached hydrogens (tertiary/aromatic N) is 2. The van der Waals surface area contributed by atoms with Gasteiger partial charge in [-0.2, -0.15) is 0 Å². The van der Waals surface area contributed by atoms with E-state index in [0.29, 0.717) is 6.42 Å². The Kier molecular flexibility index (Phi) is 10.9. The van der Waals surface area contributed by atoms with Crippen LogP contribution in [0.3, 0.4) is 0 Å². The van der Waals surface area contributed by atoms with Crippen LogP contribution in [0.4, 0.5) is 0 Å². The number of hydrogen-bond donors (Lipinski definition) is 1. The quantitative estimate of drug-likeness (QED) is 0.153. The second-order valence-corrected chi connectivity index (χ2v) is 10.9. The summed E-state index contributed by atoms with van der Waals surface area (Å²) in [6.07, 6.45) is 3.84. The molecule has 1 N–H and O–H groups in total. The number of aromatic nitrogens is 1. The minimum Gasteiger partial charge on any atom is -0.459 e. The van der Waals surface area contributed by atoms with E-state index in [4.69, 9.17) is 9.57 Å². The van der Waals surface area contributed by atoms with Gasteiger partial charge in [0.1, 0.15) is 18.7 Å². The molecule has 0 aliphatic carbocycles. The van der Waals surface area contributed by atoms with E-state index in [9.17, 15) is 14.4 Å². The normalized spacial score (nSPS) is 12.4. The van der Waals surface area contributed by atoms with Crippen molar-refractivity contribution in [2.75, 3.05) is 14.2 Å². The summed E-state index contributed by atoms with van der Waals surface area (Å²) in [6, 6.07) is 27.9. The van der Waals surface area contributed by atoms with Crippen molar-refractivity contribution < 1.29 is 24.0 Å². The number of rotatable bonds is 13. The molecule has 0 bridgehead atoms. The van der Waals surface area contributed by atoms with Crippen LogP contribution in [0.1, 0.15) is 38.3 Å². The van der Waals surface area contributed by atoms with Crippen molar-refractivity contribution in [3.63, 3.8) is 0 Å². The van der Waals surface area contributed by atoms with E-state index in [1.807, 2.05) is 86.8 Å². The van der Waals surface area contributed by atoms with Gasteiger partial charge in [-0.15, -0.1) is 0 Å². The van der Waals surface area contributed by atoms with Gasteiger partial charge in [0.2, 0.25) is 5.91 Å². The molecule has 0 aliphatic heterocycles. The Labute approximate surface area is 253 Å². The first-order chi connectivity index (χ1) is 20.7. The second-order valence-electron chi connectivity index (χ2n) is 10.9. The Morgan fingerprint density at radius 2 is 1.40 bits per heavy atom. The molecule has 1 aromatic heterocycles. The number of ether oxygens (including phenoxy) is 1. The molecule has 8 nitrogen and oxygen atoms in total. The number of benzene rings is 3. The molecule has 0 fully saturated rings. The van der Waals surface area contributed by atoms with Crippen LogP contribution in [0.2, 0.25) is 0 Å². The molecule has 43 heavy (non-hydrogen) atoms. The van der Waals surface area contributed by atoms with E-state index in [1.54, 1.807) is 10.8 Å². The topological polar surface area (TPSA) is 89.9 Å². The Bertz CT molecular complexity index is 1480.